The Bertz CT molecular complexity index is 168. The number of ketones is 1. The monoisotopic (exact) mass is 206 g/mol. The highest BCUT2D eigenvalue weighted by atomic mass is 32.2. The van der Waals surface area contributed by atoms with Crippen molar-refractivity contribution >= 4 is 16.6 Å². The van der Waals surface area contributed by atoms with Gasteiger partial charge in [0.05, 0.1) is 0 Å². The quantitative estimate of drug-likeness (QED) is 0.559. The Balaban J connectivity index is 3.25. The third kappa shape index (κ3) is 9.70. The van der Waals surface area contributed by atoms with Gasteiger partial charge >= 0.3 is 0 Å². The zero-order valence-corrected chi connectivity index (χ0v) is 9.19. The lowest BCUT2D eigenvalue weighted by Gasteiger charge is -2.00. The van der Waals surface area contributed by atoms with Crippen LogP contribution in [0, 0.1) is 0 Å². The van der Waals surface area contributed by atoms with Gasteiger partial charge in [-0.2, -0.15) is 0 Å². The number of hydrogen-bond acceptors (Lipinski definition) is 3. The fourth-order valence-electron chi connectivity index (χ4n) is 0.948. The van der Waals surface area contributed by atoms with E-state index in [1.807, 2.05) is 0 Å². The zero-order valence-electron chi connectivity index (χ0n) is 8.38. The Labute approximate surface area is 82.3 Å². The molecule has 0 fully saturated rings. The van der Waals surface area contributed by atoms with Crippen LogP contribution in [-0.4, -0.2) is 35.2 Å². The van der Waals surface area contributed by atoms with E-state index < -0.39 is 10.8 Å². The molecular weight excluding hydrogens is 188 g/mol. The number of carbonyl (C=O) groups excluding carboxylic acids is 1. The smallest absolute Gasteiger partial charge is 0.129 e. The van der Waals surface area contributed by atoms with Gasteiger partial charge in [-0.25, -0.2) is 0 Å². The molecule has 0 aliphatic heterocycles. The molecule has 0 aliphatic rings. The van der Waals surface area contributed by atoms with Gasteiger partial charge < -0.3 is 9.53 Å². The fraction of sp³-hybridized carbons (Fsp3) is 0.889. The highest BCUT2D eigenvalue weighted by Crippen LogP contribution is 1.96. The van der Waals surface area contributed by atoms with E-state index in [1.54, 1.807) is 14.0 Å². The van der Waals surface area contributed by atoms with Crippen LogP contribution in [-0.2, 0) is 20.3 Å². The summed E-state index contributed by atoms with van der Waals surface area (Å²) >= 11 is 0. The molecule has 0 aromatic rings. The van der Waals surface area contributed by atoms with Crippen molar-refractivity contribution in [3.05, 3.63) is 0 Å². The van der Waals surface area contributed by atoms with Crippen LogP contribution >= 0.6 is 0 Å². The molecule has 0 rings (SSSR count). The molecule has 0 aromatic carbocycles. The van der Waals surface area contributed by atoms with Gasteiger partial charge in [-0.3, -0.25) is 4.21 Å². The van der Waals surface area contributed by atoms with Crippen molar-refractivity contribution in [2.75, 3.05) is 25.2 Å². The summed E-state index contributed by atoms with van der Waals surface area (Å²) in [6.07, 6.45) is 2.13. The Morgan fingerprint density at radius 3 is 2.46 bits per heavy atom. The lowest BCUT2D eigenvalue weighted by Crippen LogP contribution is -2.06. The summed E-state index contributed by atoms with van der Waals surface area (Å²) in [7, 11) is 0.867. The molecule has 0 aromatic heterocycles. The summed E-state index contributed by atoms with van der Waals surface area (Å²) in [5.41, 5.74) is 0. The van der Waals surface area contributed by atoms with Crippen LogP contribution in [0.25, 0.3) is 0 Å². The van der Waals surface area contributed by atoms with Crippen LogP contribution < -0.4 is 0 Å². The van der Waals surface area contributed by atoms with Crippen molar-refractivity contribution in [3.8, 4) is 0 Å². The summed E-state index contributed by atoms with van der Waals surface area (Å²) in [6, 6.07) is 0. The molecule has 0 amide bonds. The number of rotatable bonds is 8. The molecular formula is C9H18O3S. The van der Waals surface area contributed by atoms with E-state index in [9.17, 15) is 9.00 Å². The number of carbonyl (C=O) groups is 1. The van der Waals surface area contributed by atoms with Crippen molar-refractivity contribution in [2.24, 2.45) is 0 Å². The number of methoxy groups -OCH3 is 1. The van der Waals surface area contributed by atoms with Gasteiger partial charge in [-0.1, -0.05) is 0 Å². The van der Waals surface area contributed by atoms with E-state index in [2.05, 4.69) is 0 Å². The van der Waals surface area contributed by atoms with Crippen LogP contribution in [0.1, 0.15) is 26.2 Å². The standard InChI is InChI=1S/C9H18O3S/c1-9(10)5-3-7-13(11)8-4-6-12-2/h3-8H2,1-2H3. The van der Waals surface area contributed by atoms with E-state index in [0.29, 0.717) is 24.5 Å². The molecule has 0 N–H and O–H groups in total. The van der Waals surface area contributed by atoms with Gasteiger partial charge in [0.25, 0.3) is 0 Å². The zero-order chi connectivity index (χ0) is 10.1. The molecule has 1 unspecified atom stereocenters. The summed E-state index contributed by atoms with van der Waals surface area (Å²) in [6.45, 7) is 2.23. The van der Waals surface area contributed by atoms with Crippen LogP contribution in [0.4, 0.5) is 0 Å². The summed E-state index contributed by atoms with van der Waals surface area (Å²) in [5, 5.41) is 0. The predicted octanol–water partition coefficient (Wildman–Crippen LogP) is 1.14. The van der Waals surface area contributed by atoms with E-state index in [-0.39, 0.29) is 5.78 Å². The second-order valence-corrected chi connectivity index (χ2v) is 4.70. The molecule has 1 atom stereocenters. The summed E-state index contributed by atoms with van der Waals surface area (Å²) < 4.78 is 16.1. The minimum atomic E-state index is -0.770. The van der Waals surface area contributed by atoms with E-state index >= 15 is 0 Å². The first-order valence-electron chi connectivity index (χ1n) is 4.50. The predicted molar refractivity (Wildman–Crippen MR) is 54.3 cm³/mol. The van der Waals surface area contributed by atoms with Gasteiger partial charge in [0.15, 0.2) is 0 Å². The minimum absolute atomic E-state index is 0.175. The van der Waals surface area contributed by atoms with Crippen LogP contribution in [0.2, 0.25) is 0 Å². The van der Waals surface area contributed by atoms with Crippen molar-refractivity contribution in [3.63, 3.8) is 0 Å². The van der Waals surface area contributed by atoms with Crippen LogP contribution in [0.5, 0.6) is 0 Å². The minimum Gasteiger partial charge on any atom is -0.385 e. The Kier molecular flexibility index (Phi) is 8.24. The topological polar surface area (TPSA) is 43.4 Å². The molecule has 0 saturated heterocycles. The van der Waals surface area contributed by atoms with Crippen molar-refractivity contribution in [1.29, 1.82) is 0 Å². The molecule has 3 nitrogen and oxygen atoms in total. The maximum absolute atomic E-state index is 11.2. The summed E-state index contributed by atoms with van der Waals surface area (Å²) in [4.78, 5) is 10.6. The largest absolute Gasteiger partial charge is 0.385 e. The SMILES string of the molecule is COCCCS(=O)CCCC(C)=O. The number of hydrogen-bond donors (Lipinski definition) is 0. The molecule has 0 aliphatic carbocycles. The maximum atomic E-state index is 11.2. The molecule has 78 valence electrons. The van der Waals surface area contributed by atoms with Gasteiger partial charge in [-0.15, -0.1) is 0 Å². The Morgan fingerprint density at radius 2 is 1.92 bits per heavy atom. The third-order valence-corrected chi connectivity index (χ3v) is 3.11. The average molecular weight is 206 g/mol. The second kappa shape index (κ2) is 8.38. The molecule has 0 radical (unpaired) electrons. The normalized spacial score (nSPS) is 12.8. The third-order valence-electron chi connectivity index (χ3n) is 1.62. The molecule has 0 spiro atoms. The van der Waals surface area contributed by atoms with Crippen molar-refractivity contribution < 1.29 is 13.7 Å². The lowest BCUT2D eigenvalue weighted by molar-refractivity contribution is -0.117. The molecule has 13 heavy (non-hydrogen) atoms. The van der Waals surface area contributed by atoms with Gasteiger partial charge in [0, 0.05) is 42.4 Å². The van der Waals surface area contributed by atoms with Gasteiger partial charge in [0.2, 0.25) is 0 Å². The van der Waals surface area contributed by atoms with Gasteiger partial charge in [0.1, 0.15) is 5.78 Å². The van der Waals surface area contributed by atoms with E-state index in [4.69, 9.17) is 4.74 Å². The van der Waals surface area contributed by atoms with Crippen molar-refractivity contribution in [2.45, 2.75) is 26.2 Å². The first-order valence-corrected chi connectivity index (χ1v) is 5.99. The number of ether oxygens (including phenoxy) is 1. The highest BCUT2D eigenvalue weighted by molar-refractivity contribution is 7.84. The molecule has 0 heterocycles. The first-order chi connectivity index (χ1) is 6.16. The van der Waals surface area contributed by atoms with Crippen LogP contribution in [0.3, 0.4) is 0 Å². The molecule has 0 saturated carbocycles. The first kappa shape index (κ1) is 12.8. The summed E-state index contributed by atoms with van der Waals surface area (Å²) in [5.74, 6) is 1.50. The Hall–Kier alpha value is -0.220. The van der Waals surface area contributed by atoms with Crippen molar-refractivity contribution in [1.82, 2.24) is 0 Å². The van der Waals surface area contributed by atoms with Gasteiger partial charge in [-0.05, 0) is 19.8 Å². The molecule has 4 heteroatoms. The molecule has 0 bridgehead atoms. The van der Waals surface area contributed by atoms with E-state index in [0.717, 1.165) is 12.8 Å². The fourth-order valence-corrected chi connectivity index (χ4v) is 2.06. The van der Waals surface area contributed by atoms with E-state index in [1.165, 1.54) is 0 Å². The second-order valence-electron chi connectivity index (χ2n) is 3.00. The maximum Gasteiger partial charge on any atom is 0.129 e. The Morgan fingerprint density at radius 1 is 1.31 bits per heavy atom. The van der Waals surface area contributed by atoms with Crippen LogP contribution in [0.15, 0.2) is 0 Å². The lowest BCUT2D eigenvalue weighted by atomic mass is 10.3. The highest BCUT2D eigenvalue weighted by Gasteiger charge is 2.00. The number of Topliss-reactive ketones (excluding diaryl/α,β-unsaturated/α-hetero) is 1. The average Bonchev–Trinajstić information content (AvgIpc) is 2.04.